The van der Waals surface area contributed by atoms with Crippen molar-refractivity contribution in [3.8, 4) is 0 Å². The van der Waals surface area contributed by atoms with Crippen molar-refractivity contribution >= 4 is 29.0 Å². The highest BCUT2D eigenvalue weighted by Crippen LogP contribution is 2.25. The maximum Gasteiger partial charge on any atom is 0.225 e. The minimum absolute atomic E-state index is 0.0723. The smallest absolute Gasteiger partial charge is 0.225 e. The minimum atomic E-state index is 0.0723. The number of carbonyl (C=O) groups is 1. The predicted molar refractivity (Wildman–Crippen MR) is 121 cm³/mol. The molecule has 3 rings (SSSR count). The van der Waals surface area contributed by atoms with Crippen molar-refractivity contribution in [1.82, 2.24) is 4.90 Å². The number of carbonyl (C=O) groups excluding carboxylic acids is 1. The zero-order chi connectivity index (χ0) is 20.1. The number of piperazine rings is 1. The van der Waals surface area contributed by atoms with Crippen molar-refractivity contribution in [3.63, 3.8) is 0 Å². The van der Waals surface area contributed by atoms with Gasteiger partial charge in [-0.05, 0) is 74.8 Å². The first-order valence-corrected chi connectivity index (χ1v) is 10.9. The van der Waals surface area contributed by atoms with Gasteiger partial charge in [0.25, 0.3) is 0 Å². The van der Waals surface area contributed by atoms with Crippen LogP contribution in [0, 0.1) is 20.8 Å². The van der Waals surface area contributed by atoms with Crippen molar-refractivity contribution in [2.24, 2.45) is 0 Å². The Morgan fingerprint density at radius 3 is 2.39 bits per heavy atom. The van der Waals surface area contributed by atoms with Crippen LogP contribution in [0.4, 0.5) is 11.4 Å². The monoisotopic (exact) mass is 397 g/mol. The lowest BCUT2D eigenvalue weighted by Gasteiger charge is -2.35. The molecule has 2 aromatic rings. The Hall–Kier alpha value is -1.98. The summed E-state index contributed by atoms with van der Waals surface area (Å²) < 4.78 is 0. The van der Waals surface area contributed by atoms with E-state index >= 15 is 0 Å². The number of likely N-dealkylation sites (N-methyl/N-ethyl adjacent to an activating group) is 1. The number of aryl methyl sites for hydroxylation is 3. The highest BCUT2D eigenvalue weighted by Gasteiger charge is 2.16. The zero-order valence-electron chi connectivity index (χ0n) is 17.4. The molecule has 28 heavy (non-hydrogen) atoms. The lowest BCUT2D eigenvalue weighted by molar-refractivity contribution is -0.115. The second-order valence-corrected chi connectivity index (χ2v) is 8.85. The van der Waals surface area contributed by atoms with Gasteiger partial charge in [0.15, 0.2) is 0 Å². The molecule has 150 valence electrons. The Morgan fingerprint density at radius 2 is 1.71 bits per heavy atom. The van der Waals surface area contributed by atoms with Crippen LogP contribution in [0.25, 0.3) is 0 Å². The van der Waals surface area contributed by atoms with E-state index < -0.39 is 0 Å². The molecule has 0 aromatic heterocycles. The molecule has 5 heteroatoms. The maximum absolute atomic E-state index is 12.3. The molecule has 1 heterocycles. The molecule has 0 aliphatic carbocycles. The highest BCUT2D eigenvalue weighted by molar-refractivity contribution is 7.99. The maximum atomic E-state index is 12.3. The summed E-state index contributed by atoms with van der Waals surface area (Å²) in [5, 5.41) is 3.05. The molecule has 4 nitrogen and oxygen atoms in total. The molecule has 2 aromatic carbocycles. The molecule has 1 aliphatic heterocycles. The van der Waals surface area contributed by atoms with Gasteiger partial charge in [-0.2, -0.15) is 0 Å². The predicted octanol–water partition coefficient (Wildman–Crippen LogP) is 4.48. The standard InChI is InChI=1S/C23H31N3OS/c1-17-5-7-21(16-18(17)2)28-14-9-23(27)24-20-6-8-22(19(3)15-20)26-12-10-25(4)11-13-26/h5-8,15-16H,9-14H2,1-4H3,(H,24,27). The molecule has 1 saturated heterocycles. The number of amides is 1. The molecular weight excluding hydrogens is 366 g/mol. The van der Waals surface area contributed by atoms with Gasteiger partial charge in [0.2, 0.25) is 5.91 Å². The summed E-state index contributed by atoms with van der Waals surface area (Å²) in [5.74, 6) is 0.857. The van der Waals surface area contributed by atoms with Crippen LogP contribution in [0.1, 0.15) is 23.1 Å². The van der Waals surface area contributed by atoms with Crippen LogP contribution in [-0.4, -0.2) is 49.8 Å². The molecule has 1 aliphatic rings. The molecule has 0 unspecified atom stereocenters. The Balaban J connectivity index is 1.49. The number of hydrogen-bond acceptors (Lipinski definition) is 4. The van der Waals surface area contributed by atoms with Crippen molar-refractivity contribution < 1.29 is 4.79 Å². The average molecular weight is 398 g/mol. The average Bonchev–Trinajstić information content (AvgIpc) is 2.66. The van der Waals surface area contributed by atoms with E-state index in [4.69, 9.17) is 0 Å². The van der Waals surface area contributed by atoms with E-state index in [0.29, 0.717) is 6.42 Å². The number of thioether (sulfide) groups is 1. The Bertz CT molecular complexity index is 829. The number of nitrogens with one attached hydrogen (secondary N) is 1. The third-order valence-corrected chi connectivity index (χ3v) is 6.40. The minimum Gasteiger partial charge on any atom is -0.369 e. The SMILES string of the molecule is Cc1ccc(SCCC(=O)Nc2ccc(N3CCN(C)CC3)c(C)c2)cc1C. The van der Waals surface area contributed by atoms with Crippen molar-refractivity contribution in [2.75, 3.05) is 49.2 Å². The number of benzene rings is 2. The molecule has 0 radical (unpaired) electrons. The molecule has 1 fully saturated rings. The molecule has 0 bridgehead atoms. The normalized spacial score (nSPS) is 14.9. The second-order valence-electron chi connectivity index (χ2n) is 7.68. The summed E-state index contributed by atoms with van der Waals surface area (Å²) in [6, 6.07) is 12.7. The lowest BCUT2D eigenvalue weighted by atomic mass is 10.1. The van der Waals surface area contributed by atoms with Crippen LogP contribution < -0.4 is 10.2 Å². The summed E-state index contributed by atoms with van der Waals surface area (Å²) in [6.07, 6.45) is 0.511. The number of hydrogen-bond donors (Lipinski definition) is 1. The summed E-state index contributed by atoms with van der Waals surface area (Å²) in [5.41, 5.74) is 5.97. The summed E-state index contributed by atoms with van der Waals surface area (Å²) in [6.45, 7) is 10.7. The fourth-order valence-corrected chi connectivity index (χ4v) is 4.37. The van der Waals surface area contributed by atoms with E-state index in [9.17, 15) is 4.79 Å². The Morgan fingerprint density at radius 1 is 0.964 bits per heavy atom. The Kier molecular flexibility index (Phi) is 7.03. The summed E-state index contributed by atoms with van der Waals surface area (Å²) in [4.78, 5) is 18.3. The zero-order valence-corrected chi connectivity index (χ0v) is 18.2. The molecule has 1 amide bonds. The van der Waals surface area contributed by atoms with Crippen LogP contribution in [-0.2, 0) is 4.79 Å². The van der Waals surface area contributed by atoms with Crippen molar-refractivity contribution in [2.45, 2.75) is 32.1 Å². The van der Waals surface area contributed by atoms with E-state index in [1.54, 1.807) is 11.8 Å². The van der Waals surface area contributed by atoms with E-state index in [-0.39, 0.29) is 5.91 Å². The molecule has 0 spiro atoms. The Labute approximate surface area is 173 Å². The second kappa shape index (κ2) is 9.48. The van der Waals surface area contributed by atoms with E-state index in [0.717, 1.165) is 37.6 Å². The van der Waals surface area contributed by atoms with Gasteiger partial charge in [0, 0.05) is 54.6 Å². The van der Waals surface area contributed by atoms with E-state index in [1.165, 1.54) is 27.3 Å². The van der Waals surface area contributed by atoms with Gasteiger partial charge in [0.05, 0.1) is 0 Å². The largest absolute Gasteiger partial charge is 0.369 e. The first-order valence-electron chi connectivity index (χ1n) is 9.96. The van der Waals surface area contributed by atoms with Crippen molar-refractivity contribution in [1.29, 1.82) is 0 Å². The van der Waals surface area contributed by atoms with Crippen molar-refractivity contribution in [3.05, 3.63) is 53.1 Å². The first-order chi connectivity index (χ1) is 13.4. The first kappa shape index (κ1) is 20.7. The van der Waals surface area contributed by atoms with Crippen LogP contribution in [0.2, 0.25) is 0 Å². The van der Waals surface area contributed by atoms with Gasteiger partial charge >= 0.3 is 0 Å². The topological polar surface area (TPSA) is 35.6 Å². The number of rotatable bonds is 6. The molecular formula is C23H31N3OS. The van der Waals surface area contributed by atoms with Gasteiger partial charge in [-0.3, -0.25) is 4.79 Å². The quantitative estimate of drug-likeness (QED) is 0.729. The summed E-state index contributed by atoms with van der Waals surface area (Å²) in [7, 11) is 2.17. The van der Waals surface area contributed by atoms with Crippen LogP contribution in [0.15, 0.2) is 41.3 Å². The fraction of sp³-hybridized carbons (Fsp3) is 0.435. The van der Waals surface area contributed by atoms with E-state index in [1.807, 2.05) is 6.07 Å². The van der Waals surface area contributed by atoms with E-state index in [2.05, 4.69) is 73.3 Å². The fourth-order valence-electron chi connectivity index (χ4n) is 3.42. The van der Waals surface area contributed by atoms with Gasteiger partial charge in [-0.1, -0.05) is 6.07 Å². The number of anilines is 2. The lowest BCUT2D eigenvalue weighted by Crippen LogP contribution is -2.44. The van der Waals surface area contributed by atoms with Crippen LogP contribution in [0.5, 0.6) is 0 Å². The van der Waals surface area contributed by atoms with Gasteiger partial charge in [-0.25, -0.2) is 0 Å². The molecule has 0 atom stereocenters. The van der Waals surface area contributed by atoms with Gasteiger partial charge < -0.3 is 15.1 Å². The van der Waals surface area contributed by atoms with Crippen LogP contribution in [0.3, 0.4) is 0 Å². The van der Waals surface area contributed by atoms with Crippen LogP contribution >= 0.6 is 11.8 Å². The third-order valence-electron chi connectivity index (χ3n) is 5.40. The number of nitrogens with zero attached hydrogens (tertiary/aromatic N) is 2. The van der Waals surface area contributed by atoms with Gasteiger partial charge in [0.1, 0.15) is 0 Å². The summed E-state index contributed by atoms with van der Waals surface area (Å²) >= 11 is 1.74. The molecule has 1 N–H and O–H groups in total. The third kappa shape index (κ3) is 5.52. The highest BCUT2D eigenvalue weighted by atomic mass is 32.2. The molecule has 0 saturated carbocycles. The van der Waals surface area contributed by atoms with Gasteiger partial charge in [-0.15, -0.1) is 11.8 Å².